The van der Waals surface area contributed by atoms with Gasteiger partial charge >= 0.3 is 10.2 Å². The SMILES string of the molecule is O=C1CN(c2c(OCc3ccccc3)ccc(C#Cc3cnccn3)c2F)S(=O)(=O)N1. The van der Waals surface area contributed by atoms with Crippen molar-refractivity contribution in [3.63, 3.8) is 0 Å². The van der Waals surface area contributed by atoms with Crippen LogP contribution >= 0.6 is 0 Å². The van der Waals surface area contributed by atoms with Gasteiger partial charge in [-0.05, 0) is 23.6 Å². The fourth-order valence-corrected chi connectivity index (χ4v) is 4.03. The maximum atomic E-state index is 15.4. The first-order chi connectivity index (χ1) is 14.9. The Morgan fingerprint density at radius 1 is 1.13 bits per heavy atom. The van der Waals surface area contributed by atoms with Crippen LogP contribution in [0.3, 0.4) is 0 Å². The highest BCUT2D eigenvalue weighted by Gasteiger charge is 2.38. The van der Waals surface area contributed by atoms with Gasteiger partial charge in [-0.2, -0.15) is 8.42 Å². The van der Waals surface area contributed by atoms with Gasteiger partial charge in [0, 0.05) is 12.4 Å². The van der Waals surface area contributed by atoms with Gasteiger partial charge in [0.25, 0.3) is 5.91 Å². The number of carbonyl (C=O) groups excluding carboxylic acids is 1. The largest absolute Gasteiger partial charge is 0.487 e. The predicted molar refractivity (Wildman–Crippen MR) is 110 cm³/mol. The molecule has 1 amide bonds. The quantitative estimate of drug-likeness (QED) is 0.623. The molecular weight excluding hydrogens is 423 g/mol. The molecule has 156 valence electrons. The summed E-state index contributed by atoms with van der Waals surface area (Å²) in [4.78, 5) is 19.6. The van der Waals surface area contributed by atoms with E-state index in [1.165, 1.54) is 30.7 Å². The third kappa shape index (κ3) is 4.46. The van der Waals surface area contributed by atoms with E-state index in [0.29, 0.717) is 10.00 Å². The molecule has 1 N–H and O–H groups in total. The van der Waals surface area contributed by atoms with E-state index >= 15 is 4.39 Å². The van der Waals surface area contributed by atoms with E-state index in [4.69, 9.17) is 4.74 Å². The maximum absolute atomic E-state index is 15.4. The summed E-state index contributed by atoms with van der Waals surface area (Å²) in [6, 6.07) is 11.9. The lowest BCUT2D eigenvalue weighted by Gasteiger charge is -2.20. The minimum atomic E-state index is -4.26. The highest BCUT2D eigenvalue weighted by atomic mass is 32.2. The summed E-state index contributed by atoms with van der Waals surface area (Å²) in [7, 11) is -4.26. The molecule has 1 fully saturated rings. The Kier molecular flexibility index (Phi) is 5.51. The van der Waals surface area contributed by atoms with Crippen molar-refractivity contribution in [1.29, 1.82) is 0 Å². The molecule has 0 radical (unpaired) electrons. The molecule has 2 aromatic carbocycles. The maximum Gasteiger partial charge on any atom is 0.326 e. The van der Waals surface area contributed by atoms with Crippen LogP contribution in [0.25, 0.3) is 0 Å². The number of hydrogen-bond acceptors (Lipinski definition) is 6. The summed E-state index contributed by atoms with van der Waals surface area (Å²) in [5.41, 5.74) is 0.653. The Labute approximate surface area is 177 Å². The van der Waals surface area contributed by atoms with Crippen molar-refractivity contribution in [2.45, 2.75) is 6.61 Å². The van der Waals surface area contributed by atoms with Crippen molar-refractivity contribution < 1.29 is 22.3 Å². The average molecular weight is 438 g/mol. The number of rotatable bonds is 4. The summed E-state index contributed by atoms with van der Waals surface area (Å²) in [5.74, 6) is 3.56. The lowest BCUT2D eigenvalue weighted by molar-refractivity contribution is -0.117. The molecule has 1 saturated heterocycles. The van der Waals surface area contributed by atoms with Crippen molar-refractivity contribution in [3.05, 3.63) is 83.7 Å². The molecule has 0 atom stereocenters. The van der Waals surface area contributed by atoms with Gasteiger partial charge in [-0.1, -0.05) is 36.3 Å². The molecule has 4 rings (SSSR count). The summed E-state index contributed by atoms with van der Waals surface area (Å²) in [5, 5.41) is 0. The fourth-order valence-electron chi connectivity index (χ4n) is 2.87. The van der Waals surface area contributed by atoms with Crippen molar-refractivity contribution in [2.75, 3.05) is 10.8 Å². The Morgan fingerprint density at radius 2 is 1.94 bits per heavy atom. The zero-order valence-corrected chi connectivity index (χ0v) is 16.8. The lowest BCUT2D eigenvalue weighted by atomic mass is 10.1. The zero-order chi connectivity index (χ0) is 21.8. The van der Waals surface area contributed by atoms with E-state index < -0.39 is 28.5 Å². The van der Waals surface area contributed by atoms with Gasteiger partial charge in [0.1, 0.15) is 30.3 Å². The van der Waals surface area contributed by atoms with Crippen LogP contribution in [0, 0.1) is 17.7 Å². The minimum absolute atomic E-state index is 0.0357. The molecule has 1 aliphatic heterocycles. The summed E-state index contributed by atoms with van der Waals surface area (Å²) in [6.07, 6.45) is 4.34. The first kappa shape index (κ1) is 20.3. The van der Waals surface area contributed by atoms with Gasteiger partial charge in [0.15, 0.2) is 5.82 Å². The first-order valence-electron chi connectivity index (χ1n) is 9.04. The molecule has 0 bridgehead atoms. The molecule has 1 aliphatic rings. The third-order valence-corrected chi connectivity index (χ3v) is 5.65. The normalized spacial score (nSPS) is 14.5. The summed E-state index contributed by atoms with van der Waals surface area (Å²) < 4.78 is 48.3. The number of nitrogens with one attached hydrogen (secondary N) is 1. The van der Waals surface area contributed by atoms with Crippen LogP contribution in [-0.4, -0.2) is 30.8 Å². The second-order valence-corrected chi connectivity index (χ2v) is 8.02. The molecule has 0 unspecified atom stereocenters. The Hall–Kier alpha value is -3.97. The van der Waals surface area contributed by atoms with Crippen LogP contribution in [0.1, 0.15) is 16.8 Å². The molecule has 3 aromatic rings. The smallest absolute Gasteiger partial charge is 0.326 e. The van der Waals surface area contributed by atoms with Gasteiger partial charge in [-0.15, -0.1) is 0 Å². The number of halogens is 1. The van der Waals surface area contributed by atoms with Crippen LogP contribution in [0.2, 0.25) is 0 Å². The van der Waals surface area contributed by atoms with E-state index in [1.807, 2.05) is 35.1 Å². The van der Waals surface area contributed by atoms with E-state index in [1.54, 1.807) is 0 Å². The number of aromatic nitrogens is 2. The molecule has 0 saturated carbocycles. The van der Waals surface area contributed by atoms with Crippen LogP contribution in [-0.2, 0) is 21.6 Å². The number of nitrogens with zero attached hydrogens (tertiary/aromatic N) is 3. The van der Waals surface area contributed by atoms with Crippen molar-refractivity contribution in [3.8, 4) is 17.6 Å². The highest BCUT2D eigenvalue weighted by Crippen LogP contribution is 2.36. The van der Waals surface area contributed by atoms with E-state index in [2.05, 4.69) is 21.8 Å². The third-order valence-electron chi connectivity index (χ3n) is 4.27. The zero-order valence-electron chi connectivity index (χ0n) is 15.9. The van der Waals surface area contributed by atoms with Gasteiger partial charge in [0.05, 0.1) is 11.8 Å². The minimum Gasteiger partial charge on any atom is -0.487 e. The monoisotopic (exact) mass is 438 g/mol. The number of ether oxygens (including phenoxy) is 1. The number of anilines is 1. The standard InChI is InChI=1S/C21H15FN4O4S/c22-20-16(6-8-17-12-23-10-11-24-17)7-9-18(30-14-15-4-2-1-3-5-15)21(20)26-13-19(27)25-31(26,28)29/h1-5,7,9-12H,13-14H2,(H,25,27). The first-order valence-corrected chi connectivity index (χ1v) is 10.5. The van der Waals surface area contributed by atoms with Crippen molar-refractivity contribution in [2.24, 2.45) is 0 Å². The predicted octanol–water partition coefficient (Wildman–Crippen LogP) is 1.78. The van der Waals surface area contributed by atoms with Gasteiger partial charge in [0.2, 0.25) is 0 Å². The molecule has 2 heterocycles. The molecule has 31 heavy (non-hydrogen) atoms. The van der Waals surface area contributed by atoms with Crippen LogP contribution in [0.4, 0.5) is 10.1 Å². The second-order valence-electron chi connectivity index (χ2n) is 6.43. The number of amides is 1. The molecule has 0 aliphatic carbocycles. The topological polar surface area (TPSA) is 101 Å². The molecule has 0 spiro atoms. The van der Waals surface area contributed by atoms with Crippen molar-refractivity contribution in [1.82, 2.24) is 14.7 Å². The molecule has 8 nitrogen and oxygen atoms in total. The fraction of sp³-hybridized carbons (Fsp3) is 0.0952. The van der Waals surface area contributed by atoms with E-state index in [0.717, 1.165) is 5.56 Å². The second kappa shape index (κ2) is 8.41. The molecule has 10 heteroatoms. The number of benzene rings is 2. The number of carbonyl (C=O) groups is 1. The average Bonchev–Trinajstić information content (AvgIpc) is 3.04. The van der Waals surface area contributed by atoms with Crippen molar-refractivity contribution >= 4 is 21.8 Å². The van der Waals surface area contributed by atoms with Crippen LogP contribution in [0.15, 0.2) is 61.1 Å². The Bertz CT molecular complexity index is 1290. The van der Waals surface area contributed by atoms with Crippen LogP contribution in [0.5, 0.6) is 5.75 Å². The Morgan fingerprint density at radius 3 is 2.61 bits per heavy atom. The highest BCUT2D eigenvalue weighted by molar-refractivity contribution is 7.92. The molecular formula is C21H15FN4O4S. The van der Waals surface area contributed by atoms with Gasteiger partial charge in [-0.3, -0.25) is 9.78 Å². The Balaban J connectivity index is 1.75. The van der Waals surface area contributed by atoms with Crippen LogP contribution < -0.4 is 13.8 Å². The van der Waals surface area contributed by atoms with Gasteiger partial charge in [-0.25, -0.2) is 18.4 Å². The van der Waals surface area contributed by atoms with Gasteiger partial charge < -0.3 is 4.74 Å². The lowest BCUT2D eigenvalue weighted by Crippen LogP contribution is -2.30. The van der Waals surface area contributed by atoms with E-state index in [9.17, 15) is 13.2 Å². The summed E-state index contributed by atoms with van der Waals surface area (Å²) >= 11 is 0. The molecule has 1 aromatic heterocycles. The van der Waals surface area contributed by atoms with E-state index in [-0.39, 0.29) is 23.6 Å². The number of hydrogen-bond donors (Lipinski definition) is 1. The summed E-state index contributed by atoms with van der Waals surface area (Å²) in [6.45, 7) is -0.491.